The molecule has 0 unspecified atom stereocenters. The quantitative estimate of drug-likeness (QED) is 0.506. The maximum atomic E-state index is 12.4. The zero-order valence-corrected chi connectivity index (χ0v) is 18.2. The van der Waals surface area contributed by atoms with Gasteiger partial charge in [-0.05, 0) is 42.7 Å². The third-order valence-electron chi connectivity index (χ3n) is 4.91. The van der Waals surface area contributed by atoms with Crippen molar-refractivity contribution in [2.24, 2.45) is 5.92 Å². The second-order valence-electron chi connectivity index (χ2n) is 7.50. The monoisotopic (exact) mass is 443 g/mol. The highest BCUT2D eigenvalue weighted by molar-refractivity contribution is 5.81. The number of amides is 2. The highest BCUT2D eigenvalue weighted by atomic mass is 16.5. The number of benzene rings is 1. The molecule has 1 saturated carbocycles. The summed E-state index contributed by atoms with van der Waals surface area (Å²) in [7, 11) is 1.58. The van der Waals surface area contributed by atoms with Crippen molar-refractivity contribution in [3.63, 3.8) is 0 Å². The van der Waals surface area contributed by atoms with Crippen LogP contribution in [0.1, 0.15) is 31.0 Å². The summed E-state index contributed by atoms with van der Waals surface area (Å²) in [5.41, 5.74) is 1.60. The van der Waals surface area contributed by atoms with Crippen molar-refractivity contribution in [3.05, 3.63) is 59.9 Å². The molecule has 172 valence electrons. The zero-order valence-electron chi connectivity index (χ0n) is 18.2. The SMILES string of the molecule is CC(=O)O.COc1cccc(CC(=O)N[C@H]2C[C@H](C(=O)NCc3ccccn3)C[C@@H]2O)c1. The molecule has 1 fully saturated rings. The Bertz CT molecular complexity index is 902. The molecule has 1 aromatic carbocycles. The number of carbonyl (C=O) groups is 3. The van der Waals surface area contributed by atoms with Crippen LogP contribution in [0.3, 0.4) is 0 Å². The lowest BCUT2D eigenvalue weighted by Crippen LogP contribution is -2.40. The van der Waals surface area contributed by atoms with E-state index in [9.17, 15) is 14.7 Å². The third-order valence-corrected chi connectivity index (χ3v) is 4.91. The van der Waals surface area contributed by atoms with Crippen molar-refractivity contribution in [2.75, 3.05) is 7.11 Å². The summed E-state index contributed by atoms with van der Waals surface area (Å²) in [6.07, 6.45) is 1.88. The Balaban J connectivity index is 0.000000837. The van der Waals surface area contributed by atoms with Crippen molar-refractivity contribution >= 4 is 17.8 Å². The fraction of sp³-hybridized carbons (Fsp3) is 0.391. The Hall–Kier alpha value is -3.46. The first-order chi connectivity index (χ1) is 15.3. The number of nitrogens with one attached hydrogen (secondary N) is 2. The molecule has 2 amide bonds. The number of methoxy groups -OCH3 is 1. The lowest BCUT2D eigenvalue weighted by atomic mass is 10.1. The number of carboxylic acid groups (broad SMARTS) is 1. The van der Waals surface area contributed by atoms with Crippen LogP contribution >= 0.6 is 0 Å². The van der Waals surface area contributed by atoms with Gasteiger partial charge < -0.3 is 25.6 Å². The Morgan fingerprint density at radius 3 is 2.56 bits per heavy atom. The molecule has 0 bridgehead atoms. The van der Waals surface area contributed by atoms with Gasteiger partial charge in [0, 0.05) is 19.0 Å². The van der Waals surface area contributed by atoms with Crippen LogP contribution in [0, 0.1) is 5.92 Å². The molecule has 1 aliphatic rings. The van der Waals surface area contributed by atoms with E-state index in [1.54, 1.807) is 19.4 Å². The summed E-state index contributed by atoms with van der Waals surface area (Å²) in [5.74, 6) is -0.794. The van der Waals surface area contributed by atoms with E-state index in [1.165, 1.54) is 0 Å². The molecular weight excluding hydrogens is 414 g/mol. The predicted molar refractivity (Wildman–Crippen MR) is 117 cm³/mol. The molecule has 2 aromatic rings. The molecule has 0 radical (unpaired) electrons. The number of carboxylic acids is 1. The number of aliphatic hydroxyl groups is 1. The third kappa shape index (κ3) is 8.35. The number of carbonyl (C=O) groups excluding carboxylic acids is 2. The molecule has 0 aliphatic heterocycles. The first-order valence-electron chi connectivity index (χ1n) is 10.3. The Labute approximate surface area is 186 Å². The highest BCUT2D eigenvalue weighted by Crippen LogP contribution is 2.26. The number of ether oxygens (including phenoxy) is 1. The standard InChI is InChI=1S/C21H25N3O4.C2H4O2/c1-28-17-7-4-5-14(9-17)10-20(26)24-18-11-15(12-19(18)25)21(27)23-13-16-6-2-3-8-22-16;1-2(3)4/h2-9,15,18-19,25H,10-13H2,1H3,(H,23,27)(H,24,26);1H3,(H,3,4)/t15-,18-,19-;/m0./s1. The number of hydrogen-bond acceptors (Lipinski definition) is 6. The predicted octanol–water partition coefficient (Wildman–Crippen LogP) is 1.30. The van der Waals surface area contributed by atoms with Gasteiger partial charge in [-0.25, -0.2) is 0 Å². The number of pyridine rings is 1. The zero-order chi connectivity index (χ0) is 23.5. The molecule has 3 atom stereocenters. The lowest BCUT2D eigenvalue weighted by Gasteiger charge is -2.16. The van der Waals surface area contributed by atoms with Crippen LogP contribution in [-0.2, 0) is 27.3 Å². The summed E-state index contributed by atoms with van der Waals surface area (Å²) >= 11 is 0. The summed E-state index contributed by atoms with van der Waals surface area (Å²) in [4.78, 5) is 37.9. The van der Waals surface area contributed by atoms with Gasteiger partial charge in [0.05, 0.1) is 37.9 Å². The van der Waals surface area contributed by atoms with Crippen molar-refractivity contribution in [1.82, 2.24) is 15.6 Å². The van der Waals surface area contributed by atoms with Crippen LogP contribution in [0.4, 0.5) is 0 Å². The first kappa shape index (κ1) is 24.8. The number of aromatic nitrogens is 1. The molecule has 1 aliphatic carbocycles. The molecular formula is C23H29N3O6. The molecule has 4 N–H and O–H groups in total. The van der Waals surface area contributed by atoms with E-state index in [0.29, 0.717) is 25.1 Å². The van der Waals surface area contributed by atoms with Crippen LogP contribution in [0.2, 0.25) is 0 Å². The van der Waals surface area contributed by atoms with Crippen LogP contribution in [0.15, 0.2) is 48.7 Å². The summed E-state index contributed by atoms with van der Waals surface area (Å²) in [6.45, 7) is 1.43. The molecule has 1 heterocycles. The number of aliphatic hydroxyl groups excluding tert-OH is 1. The van der Waals surface area contributed by atoms with E-state index in [4.69, 9.17) is 14.6 Å². The van der Waals surface area contributed by atoms with Crippen LogP contribution in [0.25, 0.3) is 0 Å². The average molecular weight is 444 g/mol. The van der Waals surface area contributed by atoms with Gasteiger partial charge >= 0.3 is 0 Å². The normalized spacial score (nSPS) is 19.3. The van der Waals surface area contributed by atoms with E-state index in [1.807, 2.05) is 36.4 Å². The molecule has 9 heteroatoms. The Morgan fingerprint density at radius 2 is 1.91 bits per heavy atom. The lowest BCUT2D eigenvalue weighted by molar-refractivity contribution is -0.134. The highest BCUT2D eigenvalue weighted by Gasteiger charge is 2.37. The maximum Gasteiger partial charge on any atom is 0.300 e. The average Bonchev–Trinajstić information content (AvgIpc) is 3.12. The second kappa shape index (κ2) is 12.4. The molecule has 32 heavy (non-hydrogen) atoms. The van der Waals surface area contributed by atoms with E-state index in [-0.39, 0.29) is 24.2 Å². The molecule has 0 saturated heterocycles. The van der Waals surface area contributed by atoms with Gasteiger partial charge in [-0.15, -0.1) is 0 Å². The van der Waals surface area contributed by atoms with Gasteiger partial charge in [-0.3, -0.25) is 19.4 Å². The van der Waals surface area contributed by atoms with E-state index < -0.39 is 18.1 Å². The summed E-state index contributed by atoms with van der Waals surface area (Å²) < 4.78 is 5.16. The van der Waals surface area contributed by atoms with Gasteiger partial charge in [-0.2, -0.15) is 0 Å². The van der Waals surface area contributed by atoms with Crippen molar-refractivity contribution in [3.8, 4) is 5.75 Å². The van der Waals surface area contributed by atoms with Crippen molar-refractivity contribution < 1.29 is 29.3 Å². The molecule has 9 nitrogen and oxygen atoms in total. The van der Waals surface area contributed by atoms with Gasteiger partial charge in [-0.1, -0.05) is 18.2 Å². The van der Waals surface area contributed by atoms with Crippen molar-refractivity contribution in [2.45, 2.75) is 44.9 Å². The molecule has 1 aromatic heterocycles. The van der Waals surface area contributed by atoms with E-state index in [2.05, 4.69) is 15.6 Å². The minimum atomic E-state index is -0.833. The van der Waals surface area contributed by atoms with Crippen LogP contribution < -0.4 is 15.4 Å². The number of aliphatic carboxylic acids is 1. The maximum absolute atomic E-state index is 12.4. The Kier molecular flexibility index (Phi) is 9.62. The van der Waals surface area contributed by atoms with Gasteiger partial charge in [0.2, 0.25) is 11.8 Å². The summed E-state index contributed by atoms with van der Waals surface area (Å²) in [5, 5.41) is 23.4. The smallest absolute Gasteiger partial charge is 0.300 e. The number of nitrogens with zero attached hydrogens (tertiary/aromatic N) is 1. The molecule has 0 spiro atoms. The fourth-order valence-corrected chi connectivity index (χ4v) is 3.44. The minimum Gasteiger partial charge on any atom is -0.497 e. The van der Waals surface area contributed by atoms with Crippen LogP contribution in [-0.4, -0.2) is 52.2 Å². The fourth-order valence-electron chi connectivity index (χ4n) is 3.44. The van der Waals surface area contributed by atoms with E-state index in [0.717, 1.165) is 18.2 Å². The summed E-state index contributed by atoms with van der Waals surface area (Å²) in [6, 6.07) is 12.4. The first-order valence-corrected chi connectivity index (χ1v) is 10.3. The van der Waals surface area contributed by atoms with Crippen molar-refractivity contribution in [1.29, 1.82) is 0 Å². The largest absolute Gasteiger partial charge is 0.497 e. The molecule has 3 rings (SSSR count). The minimum absolute atomic E-state index is 0.130. The Morgan fingerprint density at radius 1 is 1.16 bits per heavy atom. The van der Waals surface area contributed by atoms with Crippen LogP contribution in [0.5, 0.6) is 5.75 Å². The van der Waals surface area contributed by atoms with Gasteiger partial charge in [0.25, 0.3) is 5.97 Å². The van der Waals surface area contributed by atoms with Gasteiger partial charge in [0.15, 0.2) is 0 Å². The number of rotatable bonds is 7. The van der Waals surface area contributed by atoms with E-state index >= 15 is 0 Å². The van der Waals surface area contributed by atoms with Gasteiger partial charge in [0.1, 0.15) is 5.75 Å². The second-order valence-corrected chi connectivity index (χ2v) is 7.50. The topological polar surface area (TPSA) is 138 Å². The number of hydrogen-bond donors (Lipinski definition) is 4.